The number of nitrogens with zero attached hydrogens (tertiary/aromatic N) is 2. The highest BCUT2D eigenvalue weighted by Crippen LogP contribution is 2.00. The molecule has 0 bridgehead atoms. The fraction of sp³-hybridized carbons (Fsp3) is 0. The third-order valence-corrected chi connectivity index (χ3v) is 2.14. The quantitative estimate of drug-likeness (QED) is 0.592. The Hall–Kier alpha value is -2.10. The summed E-state index contributed by atoms with van der Waals surface area (Å²) in [5.41, 5.74) is 7.77. The zero-order chi connectivity index (χ0) is 9.38. The van der Waals surface area contributed by atoms with E-state index in [-0.39, 0.29) is 0 Å². The van der Waals surface area contributed by atoms with Crippen molar-refractivity contribution in [2.75, 3.05) is 5.43 Å². The number of hydrazine groups is 1. The van der Waals surface area contributed by atoms with Crippen LogP contribution in [0.5, 0.6) is 0 Å². The van der Waals surface area contributed by atoms with Crippen LogP contribution in [-0.4, -0.2) is 4.98 Å². The van der Waals surface area contributed by atoms with E-state index in [1.807, 2.05) is 30.5 Å². The van der Waals surface area contributed by atoms with E-state index in [1.54, 1.807) is 6.20 Å². The molecule has 0 aromatic carbocycles. The fourth-order valence-corrected chi connectivity index (χ4v) is 1.47. The second-order valence-electron chi connectivity index (χ2n) is 3.07. The Morgan fingerprint density at radius 2 is 2.21 bits per heavy atom. The van der Waals surface area contributed by atoms with E-state index in [4.69, 9.17) is 0 Å². The van der Waals surface area contributed by atoms with Gasteiger partial charge in [-0.05, 0) is 18.2 Å². The standard InChI is InChI=1S/C10H8N4/c1-2-4-11-8-5-9-10(6-12-14-9)13-7(8)3-1/h1-6,12,14H. The van der Waals surface area contributed by atoms with Gasteiger partial charge in [0, 0.05) is 12.4 Å². The summed E-state index contributed by atoms with van der Waals surface area (Å²) in [5, 5.41) is 1.81. The van der Waals surface area contributed by atoms with Crippen molar-refractivity contribution < 1.29 is 0 Å². The molecule has 68 valence electrons. The molecule has 1 aromatic rings. The van der Waals surface area contributed by atoms with E-state index in [9.17, 15) is 0 Å². The number of hydrogen-bond acceptors (Lipinski definition) is 4. The summed E-state index contributed by atoms with van der Waals surface area (Å²) in [4.78, 5) is 8.73. The first kappa shape index (κ1) is 7.32. The van der Waals surface area contributed by atoms with E-state index in [1.165, 1.54) is 0 Å². The van der Waals surface area contributed by atoms with Crippen molar-refractivity contribution in [1.29, 1.82) is 0 Å². The number of pyridine rings is 1. The van der Waals surface area contributed by atoms with Crippen molar-refractivity contribution in [2.24, 2.45) is 4.99 Å². The summed E-state index contributed by atoms with van der Waals surface area (Å²) in [7, 11) is 0. The third kappa shape index (κ3) is 1.01. The van der Waals surface area contributed by atoms with Gasteiger partial charge >= 0.3 is 0 Å². The average Bonchev–Trinajstić information content (AvgIpc) is 2.51. The molecule has 0 saturated heterocycles. The molecular formula is C10H8N4. The predicted molar refractivity (Wildman–Crippen MR) is 54.4 cm³/mol. The Bertz CT molecular complexity index is 554. The Labute approximate surface area is 80.4 Å². The maximum Gasteiger partial charge on any atom is 0.106 e. The zero-order valence-electron chi connectivity index (χ0n) is 7.36. The van der Waals surface area contributed by atoms with Crippen LogP contribution >= 0.6 is 0 Å². The number of nitrogens with one attached hydrogen (secondary N) is 2. The van der Waals surface area contributed by atoms with Crippen LogP contribution in [0.25, 0.3) is 12.3 Å². The van der Waals surface area contributed by atoms with Crippen molar-refractivity contribution in [3.8, 4) is 0 Å². The minimum atomic E-state index is 0.887. The van der Waals surface area contributed by atoms with Crippen LogP contribution in [0.2, 0.25) is 0 Å². The minimum Gasteiger partial charge on any atom is -0.306 e. The summed E-state index contributed by atoms with van der Waals surface area (Å²) in [5.74, 6) is 0. The summed E-state index contributed by atoms with van der Waals surface area (Å²) in [6.07, 6.45) is 9.38. The molecule has 0 atom stereocenters. The van der Waals surface area contributed by atoms with E-state index >= 15 is 0 Å². The lowest BCUT2D eigenvalue weighted by Crippen LogP contribution is -2.18. The van der Waals surface area contributed by atoms with Crippen molar-refractivity contribution in [3.63, 3.8) is 0 Å². The topological polar surface area (TPSA) is 49.3 Å². The Kier molecular flexibility index (Phi) is 1.41. The smallest absolute Gasteiger partial charge is 0.106 e. The van der Waals surface area contributed by atoms with Gasteiger partial charge in [0.15, 0.2) is 0 Å². The summed E-state index contributed by atoms with van der Waals surface area (Å²) in [6.45, 7) is 0. The minimum absolute atomic E-state index is 0.887. The first-order valence-electron chi connectivity index (χ1n) is 4.37. The third-order valence-electron chi connectivity index (χ3n) is 2.14. The summed E-state index contributed by atoms with van der Waals surface area (Å²) < 4.78 is 0. The molecule has 4 nitrogen and oxygen atoms in total. The van der Waals surface area contributed by atoms with Gasteiger partial charge in [0.2, 0.25) is 0 Å². The predicted octanol–water partition coefficient (Wildman–Crippen LogP) is -0.0902. The molecule has 0 spiro atoms. The van der Waals surface area contributed by atoms with Crippen LogP contribution in [0.4, 0.5) is 5.69 Å². The lowest BCUT2D eigenvalue weighted by atomic mass is 10.3. The van der Waals surface area contributed by atoms with Gasteiger partial charge in [-0.1, -0.05) is 6.08 Å². The van der Waals surface area contributed by atoms with E-state index in [2.05, 4.69) is 20.8 Å². The second-order valence-corrected chi connectivity index (χ2v) is 3.07. The Balaban J connectivity index is 2.37. The first-order valence-corrected chi connectivity index (χ1v) is 4.37. The van der Waals surface area contributed by atoms with Crippen LogP contribution in [0.15, 0.2) is 29.4 Å². The monoisotopic (exact) mass is 184 g/mol. The van der Waals surface area contributed by atoms with Gasteiger partial charge in [0.05, 0.1) is 16.7 Å². The van der Waals surface area contributed by atoms with E-state index in [0.29, 0.717) is 0 Å². The van der Waals surface area contributed by atoms with Crippen molar-refractivity contribution >= 4 is 18.0 Å². The molecule has 2 aliphatic heterocycles. The highest BCUT2D eigenvalue weighted by molar-refractivity contribution is 5.56. The lowest BCUT2D eigenvalue weighted by molar-refractivity contribution is 1.15. The Morgan fingerprint density at radius 1 is 1.21 bits per heavy atom. The van der Waals surface area contributed by atoms with Crippen LogP contribution in [0, 0.1) is 0 Å². The molecule has 2 N–H and O–H groups in total. The van der Waals surface area contributed by atoms with Gasteiger partial charge in [-0.15, -0.1) is 0 Å². The number of hydrogen-bond donors (Lipinski definition) is 2. The van der Waals surface area contributed by atoms with Gasteiger partial charge < -0.3 is 5.43 Å². The maximum absolute atomic E-state index is 4.45. The molecule has 3 rings (SSSR count). The van der Waals surface area contributed by atoms with Crippen molar-refractivity contribution in [3.05, 3.63) is 40.8 Å². The SMILES string of the molecule is C1=CN=c2cc3c(nc2C=C1)=CNN3. The maximum atomic E-state index is 4.45. The molecule has 4 heteroatoms. The number of fused-ring (bicyclic) bond motifs is 2. The second kappa shape index (κ2) is 2.70. The molecule has 0 saturated carbocycles. The normalized spacial score (nSPS) is 15.4. The molecule has 1 aromatic heterocycles. The molecule has 0 aliphatic carbocycles. The van der Waals surface area contributed by atoms with Gasteiger partial charge in [-0.3, -0.25) is 10.4 Å². The number of rotatable bonds is 0. The molecule has 2 aliphatic rings. The fourth-order valence-electron chi connectivity index (χ4n) is 1.47. The molecule has 14 heavy (non-hydrogen) atoms. The molecule has 0 amide bonds. The number of allylic oxidation sites excluding steroid dienone is 2. The first-order chi connectivity index (χ1) is 6.93. The highest BCUT2D eigenvalue weighted by Gasteiger charge is 2.05. The van der Waals surface area contributed by atoms with Crippen molar-refractivity contribution in [2.45, 2.75) is 0 Å². The van der Waals surface area contributed by atoms with Crippen molar-refractivity contribution in [1.82, 2.24) is 10.4 Å². The molecular weight excluding hydrogens is 176 g/mol. The zero-order valence-corrected chi connectivity index (χ0v) is 7.36. The molecule has 3 heterocycles. The van der Waals surface area contributed by atoms with E-state index in [0.717, 1.165) is 22.1 Å². The van der Waals surface area contributed by atoms with Gasteiger partial charge in [-0.2, -0.15) is 0 Å². The number of anilines is 1. The van der Waals surface area contributed by atoms with Crippen LogP contribution in [0.3, 0.4) is 0 Å². The van der Waals surface area contributed by atoms with Crippen LogP contribution in [-0.2, 0) is 0 Å². The van der Waals surface area contributed by atoms with E-state index < -0.39 is 0 Å². The summed E-state index contributed by atoms with van der Waals surface area (Å²) >= 11 is 0. The van der Waals surface area contributed by atoms with Crippen LogP contribution < -0.4 is 21.6 Å². The molecule has 0 unspecified atom stereocenters. The Morgan fingerprint density at radius 3 is 3.21 bits per heavy atom. The van der Waals surface area contributed by atoms with Crippen LogP contribution in [0.1, 0.15) is 5.69 Å². The van der Waals surface area contributed by atoms with Gasteiger partial charge in [-0.25, -0.2) is 4.98 Å². The molecule has 0 radical (unpaired) electrons. The summed E-state index contributed by atoms with van der Waals surface area (Å²) in [6, 6.07) is 1.98. The molecule has 0 fully saturated rings. The lowest BCUT2D eigenvalue weighted by Gasteiger charge is -1.98. The highest BCUT2D eigenvalue weighted by atomic mass is 15.4. The largest absolute Gasteiger partial charge is 0.306 e. The van der Waals surface area contributed by atoms with Gasteiger partial charge in [0.25, 0.3) is 0 Å². The average molecular weight is 184 g/mol. The van der Waals surface area contributed by atoms with Gasteiger partial charge in [0.1, 0.15) is 5.35 Å². The number of aromatic nitrogens is 1.